The molecule has 9 heteroatoms. The first-order valence-electron chi connectivity index (χ1n) is 15.7. The molecule has 1 aromatic rings. The Balaban J connectivity index is 3.00. The molecule has 0 aromatic heterocycles. The molecule has 0 unspecified atom stereocenters. The van der Waals surface area contributed by atoms with E-state index in [0.29, 0.717) is 39.3 Å². The molecule has 43 heavy (non-hydrogen) atoms. The van der Waals surface area contributed by atoms with Crippen LogP contribution in [0.3, 0.4) is 0 Å². The van der Waals surface area contributed by atoms with Crippen molar-refractivity contribution < 1.29 is 32.9 Å². The number of aliphatic hydroxyl groups is 1. The summed E-state index contributed by atoms with van der Waals surface area (Å²) >= 11 is 0. The molecule has 1 rings (SSSR count). The van der Waals surface area contributed by atoms with E-state index in [1.807, 2.05) is 30.3 Å². The summed E-state index contributed by atoms with van der Waals surface area (Å²) in [7, 11) is -2.59. The van der Waals surface area contributed by atoms with Crippen LogP contribution in [-0.2, 0) is 34.4 Å². The topological polar surface area (TPSA) is 75.6 Å². The van der Waals surface area contributed by atoms with Crippen LogP contribution in [-0.4, -0.2) is 79.9 Å². The fraction of sp³-hybridized carbons (Fsp3) is 0.765. The molecule has 0 radical (unpaired) electrons. The van der Waals surface area contributed by atoms with E-state index < -0.39 is 28.8 Å². The summed E-state index contributed by atoms with van der Waals surface area (Å²) < 4.78 is 36.3. The minimum atomic E-state index is -2.15. The lowest BCUT2D eigenvalue weighted by Crippen LogP contribution is -2.48. The van der Waals surface area contributed by atoms with Crippen LogP contribution in [0.1, 0.15) is 73.3 Å². The smallest absolute Gasteiger partial charge is 0.192 e. The average molecular weight is 639 g/mol. The van der Waals surface area contributed by atoms with Crippen LogP contribution in [0.5, 0.6) is 0 Å². The van der Waals surface area contributed by atoms with Crippen LogP contribution < -0.4 is 0 Å². The van der Waals surface area contributed by atoms with E-state index in [1.54, 1.807) is 7.11 Å². The third kappa shape index (κ3) is 14.7. The van der Waals surface area contributed by atoms with Crippen molar-refractivity contribution in [1.29, 1.82) is 0 Å². The van der Waals surface area contributed by atoms with E-state index >= 15 is 0 Å². The molecule has 0 aliphatic carbocycles. The Morgan fingerprint density at radius 1 is 0.767 bits per heavy atom. The van der Waals surface area contributed by atoms with E-state index in [-0.39, 0.29) is 29.1 Å². The fourth-order valence-corrected chi connectivity index (χ4v) is 6.44. The fourth-order valence-electron chi connectivity index (χ4n) is 3.76. The summed E-state index contributed by atoms with van der Waals surface area (Å²) in [5, 5.41) is 11.3. The van der Waals surface area contributed by atoms with E-state index in [0.717, 1.165) is 12.0 Å². The van der Waals surface area contributed by atoms with Gasteiger partial charge < -0.3 is 32.9 Å². The van der Waals surface area contributed by atoms with Crippen LogP contribution in [0.25, 0.3) is 0 Å². The van der Waals surface area contributed by atoms with Gasteiger partial charge in [-0.3, -0.25) is 0 Å². The Bertz CT molecular complexity index is 945. The van der Waals surface area contributed by atoms with Gasteiger partial charge in [0.2, 0.25) is 0 Å². The second-order valence-electron chi connectivity index (χ2n) is 14.3. The standard InChI is InChI=1S/C34H62O7Si2/c1-13-30(39-27-37-24-23-36-8)31(40-42(9,10)33(2,3)4)22-18-17-21-29(35)32(41-43(11,12)34(5,6)7)26-38-25-28-19-15-14-16-20-28/h14-16,19-20,29-32,35H,13,21-27H2,1-12H3/t29-,30+,31+,32-/m1/s1. The highest BCUT2D eigenvalue weighted by molar-refractivity contribution is 6.74. The van der Waals surface area contributed by atoms with Crippen molar-refractivity contribution in [2.45, 2.75) is 135 Å². The van der Waals surface area contributed by atoms with Crippen molar-refractivity contribution in [2.24, 2.45) is 0 Å². The van der Waals surface area contributed by atoms with Gasteiger partial charge in [-0.2, -0.15) is 0 Å². The number of rotatable bonds is 19. The van der Waals surface area contributed by atoms with Crippen molar-refractivity contribution in [2.75, 3.05) is 33.7 Å². The maximum Gasteiger partial charge on any atom is 0.192 e. The summed E-state index contributed by atoms with van der Waals surface area (Å²) in [5.74, 6) is 6.54. The molecule has 7 nitrogen and oxygen atoms in total. The number of benzene rings is 1. The third-order valence-corrected chi connectivity index (χ3v) is 17.7. The van der Waals surface area contributed by atoms with Gasteiger partial charge >= 0.3 is 0 Å². The number of aliphatic hydroxyl groups excluding tert-OH is 1. The normalized spacial score (nSPS) is 15.8. The van der Waals surface area contributed by atoms with Gasteiger partial charge in [-0.15, -0.1) is 11.8 Å². The minimum absolute atomic E-state index is 0.00677. The Labute approximate surface area is 265 Å². The number of hydrogen-bond acceptors (Lipinski definition) is 7. The number of methoxy groups -OCH3 is 1. The first-order chi connectivity index (χ1) is 19.9. The first kappa shape index (κ1) is 40.0. The maximum atomic E-state index is 11.3. The van der Waals surface area contributed by atoms with Crippen molar-refractivity contribution >= 4 is 16.6 Å². The van der Waals surface area contributed by atoms with E-state index in [9.17, 15) is 5.11 Å². The second-order valence-corrected chi connectivity index (χ2v) is 23.8. The Hall–Kier alpha value is -1.07. The second kappa shape index (κ2) is 18.8. The van der Waals surface area contributed by atoms with Crippen LogP contribution in [0.2, 0.25) is 36.3 Å². The molecule has 1 aromatic carbocycles. The molecule has 0 fully saturated rings. The van der Waals surface area contributed by atoms with E-state index in [2.05, 4.69) is 86.5 Å². The van der Waals surface area contributed by atoms with Crippen molar-refractivity contribution in [3.05, 3.63) is 35.9 Å². The van der Waals surface area contributed by atoms with Crippen molar-refractivity contribution in [3.8, 4) is 11.8 Å². The summed E-state index contributed by atoms with van der Waals surface area (Å²) in [6.45, 7) is 26.2. The quantitative estimate of drug-likeness (QED) is 0.0726. The van der Waals surface area contributed by atoms with Gasteiger partial charge in [0.15, 0.2) is 16.6 Å². The summed E-state index contributed by atoms with van der Waals surface area (Å²) in [6, 6.07) is 10.1. The first-order valence-corrected chi connectivity index (χ1v) is 21.6. The summed E-state index contributed by atoms with van der Waals surface area (Å²) in [6.07, 6.45) is -0.0175. The highest BCUT2D eigenvalue weighted by Crippen LogP contribution is 2.39. The predicted octanol–water partition coefficient (Wildman–Crippen LogP) is 7.54. The molecule has 0 heterocycles. The number of ether oxygens (including phenoxy) is 4. The van der Waals surface area contributed by atoms with Crippen LogP contribution >= 0.6 is 0 Å². The lowest BCUT2D eigenvalue weighted by molar-refractivity contribution is -0.126. The van der Waals surface area contributed by atoms with Gasteiger partial charge in [-0.25, -0.2) is 0 Å². The molecule has 248 valence electrons. The largest absolute Gasteiger partial charge is 0.410 e. The third-order valence-electron chi connectivity index (χ3n) is 8.68. The minimum Gasteiger partial charge on any atom is -0.410 e. The predicted molar refractivity (Wildman–Crippen MR) is 181 cm³/mol. The highest BCUT2D eigenvalue weighted by Gasteiger charge is 2.41. The summed E-state index contributed by atoms with van der Waals surface area (Å²) in [4.78, 5) is 0. The van der Waals surface area contributed by atoms with Crippen LogP contribution in [0.4, 0.5) is 0 Å². The lowest BCUT2D eigenvalue weighted by Gasteiger charge is -2.41. The Morgan fingerprint density at radius 2 is 1.33 bits per heavy atom. The van der Waals surface area contributed by atoms with Crippen molar-refractivity contribution in [3.63, 3.8) is 0 Å². The van der Waals surface area contributed by atoms with Gasteiger partial charge in [-0.05, 0) is 48.2 Å². The summed E-state index contributed by atoms with van der Waals surface area (Å²) in [5.41, 5.74) is 1.09. The SMILES string of the molecule is CC[C@H](OCOCCOC)[C@H](CC#CC[C@@H](O)[C@@H](COCc1ccccc1)O[Si](C)(C)C(C)(C)C)O[Si](C)(C)C(C)(C)C. The molecule has 0 saturated heterocycles. The number of hydrogen-bond donors (Lipinski definition) is 1. The molecular formula is C34H62O7Si2. The zero-order valence-electron chi connectivity index (χ0n) is 29.2. The Morgan fingerprint density at radius 3 is 1.86 bits per heavy atom. The van der Waals surface area contributed by atoms with Gasteiger partial charge in [-0.1, -0.05) is 78.8 Å². The molecule has 0 saturated carbocycles. The van der Waals surface area contributed by atoms with Gasteiger partial charge in [0.25, 0.3) is 0 Å². The molecule has 0 aliphatic heterocycles. The van der Waals surface area contributed by atoms with Crippen molar-refractivity contribution in [1.82, 2.24) is 0 Å². The van der Waals surface area contributed by atoms with Gasteiger partial charge in [0.1, 0.15) is 6.79 Å². The van der Waals surface area contributed by atoms with E-state index in [1.165, 1.54) is 0 Å². The zero-order valence-corrected chi connectivity index (χ0v) is 31.2. The Kier molecular flexibility index (Phi) is 17.5. The molecule has 0 spiro atoms. The van der Waals surface area contributed by atoms with Crippen LogP contribution in [0.15, 0.2) is 30.3 Å². The molecule has 1 N–H and O–H groups in total. The average Bonchev–Trinajstić information content (AvgIpc) is 2.91. The molecule has 0 bridgehead atoms. The van der Waals surface area contributed by atoms with Crippen LogP contribution in [0, 0.1) is 11.8 Å². The van der Waals surface area contributed by atoms with Gasteiger partial charge in [0, 0.05) is 20.0 Å². The molecule has 0 amide bonds. The molecule has 0 aliphatic rings. The molecular weight excluding hydrogens is 577 g/mol. The van der Waals surface area contributed by atoms with Gasteiger partial charge in [0.05, 0.1) is 50.8 Å². The zero-order chi connectivity index (χ0) is 32.7. The maximum absolute atomic E-state index is 11.3. The molecule has 4 atom stereocenters. The highest BCUT2D eigenvalue weighted by atomic mass is 28.4. The lowest BCUT2D eigenvalue weighted by atomic mass is 10.1. The van der Waals surface area contributed by atoms with E-state index in [4.69, 9.17) is 27.8 Å². The monoisotopic (exact) mass is 638 g/mol.